The molecular formula is C59H34N4. The van der Waals surface area contributed by atoms with Crippen molar-refractivity contribution in [3.63, 3.8) is 0 Å². The minimum absolute atomic E-state index is 0.697. The molecule has 0 saturated heterocycles. The van der Waals surface area contributed by atoms with E-state index in [2.05, 4.69) is 168 Å². The molecule has 0 radical (unpaired) electrons. The largest absolute Gasteiger partial charge is 0.309 e. The summed E-state index contributed by atoms with van der Waals surface area (Å²) in [6.07, 6.45) is 3.69. The van der Waals surface area contributed by atoms with Gasteiger partial charge in [0.15, 0.2) is 0 Å². The van der Waals surface area contributed by atoms with Crippen LogP contribution in [0.3, 0.4) is 0 Å². The number of nitrogens with zero attached hydrogens (tertiary/aromatic N) is 4. The van der Waals surface area contributed by atoms with Crippen LogP contribution in [0.25, 0.3) is 126 Å². The first-order chi connectivity index (χ1) is 31.2. The van der Waals surface area contributed by atoms with Crippen molar-refractivity contribution < 1.29 is 0 Å². The molecule has 0 bridgehead atoms. The monoisotopic (exact) mass is 798 g/mol. The fourth-order valence-electron chi connectivity index (χ4n) is 10.1. The Balaban J connectivity index is 0.889. The Bertz CT molecular complexity index is 3810. The van der Waals surface area contributed by atoms with Gasteiger partial charge in [0.2, 0.25) is 0 Å². The molecule has 0 amide bonds. The lowest BCUT2D eigenvalue weighted by molar-refractivity contribution is 1.18. The molecule has 10 aromatic carbocycles. The highest BCUT2D eigenvalue weighted by molar-refractivity contribution is 6.28. The summed E-state index contributed by atoms with van der Waals surface area (Å²) in [5.74, 6) is 0. The van der Waals surface area contributed by atoms with E-state index >= 15 is 0 Å². The second kappa shape index (κ2) is 13.7. The molecule has 0 aliphatic carbocycles. The summed E-state index contributed by atoms with van der Waals surface area (Å²) in [5.41, 5.74) is 15.0. The summed E-state index contributed by atoms with van der Waals surface area (Å²) < 4.78 is 2.33. The van der Waals surface area contributed by atoms with E-state index in [1.807, 2.05) is 48.8 Å². The molecule has 290 valence electrons. The summed E-state index contributed by atoms with van der Waals surface area (Å²) >= 11 is 0. The van der Waals surface area contributed by atoms with Crippen LogP contribution in [-0.4, -0.2) is 14.5 Å². The van der Waals surface area contributed by atoms with Crippen LogP contribution < -0.4 is 0 Å². The van der Waals surface area contributed by atoms with Gasteiger partial charge >= 0.3 is 0 Å². The molecule has 0 unspecified atom stereocenters. The molecule has 0 spiro atoms. The molecule has 13 rings (SSSR count). The van der Waals surface area contributed by atoms with Gasteiger partial charge in [0.05, 0.1) is 34.1 Å². The topological polar surface area (TPSA) is 54.5 Å². The van der Waals surface area contributed by atoms with Gasteiger partial charge in [-0.1, -0.05) is 97.1 Å². The zero-order valence-electron chi connectivity index (χ0n) is 33.9. The predicted molar refractivity (Wildman–Crippen MR) is 261 cm³/mol. The van der Waals surface area contributed by atoms with Crippen LogP contribution in [0.2, 0.25) is 0 Å². The van der Waals surface area contributed by atoms with E-state index in [4.69, 9.17) is 9.97 Å². The minimum Gasteiger partial charge on any atom is -0.309 e. The molecule has 0 saturated carbocycles. The number of nitriles is 1. The van der Waals surface area contributed by atoms with Gasteiger partial charge in [-0.25, -0.2) is 0 Å². The van der Waals surface area contributed by atoms with Crippen LogP contribution in [0.1, 0.15) is 5.56 Å². The maximum atomic E-state index is 10.0. The molecule has 13 aromatic rings. The lowest BCUT2D eigenvalue weighted by atomic mass is 9.88. The van der Waals surface area contributed by atoms with E-state index in [0.29, 0.717) is 5.56 Å². The van der Waals surface area contributed by atoms with Crippen LogP contribution in [0, 0.1) is 11.3 Å². The van der Waals surface area contributed by atoms with Gasteiger partial charge in [0, 0.05) is 45.4 Å². The fraction of sp³-hybridized carbons (Fsp3) is 0. The summed E-state index contributed by atoms with van der Waals surface area (Å²) in [6.45, 7) is 0. The average Bonchev–Trinajstić information content (AvgIpc) is 3.70. The average molecular weight is 799 g/mol. The first-order valence-electron chi connectivity index (χ1n) is 21.3. The minimum atomic E-state index is 0.697. The molecule has 4 heteroatoms. The second-order valence-corrected chi connectivity index (χ2v) is 16.5. The number of benzene rings is 10. The first-order valence-corrected chi connectivity index (χ1v) is 21.3. The Morgan fingerprint density at radius 3 is 1.43 bits per heavy atom. The number of hydrogen-bond acceptors (Lipinski definition) is 3. The van der Waals surface area contributed by atoms with Crippen molar-refractivity contribution in [3.05, 3.63) is 212 Å². The third-order valence-corrected chi connectivity index (χ3v) is 13.0. The predicted octanol–water partition coefficient (Wildman–Crippen LogP) is 15.3. The lowest BCUT2D eigenvalue weighted by Crippen LogP contribution is -1.93. The van der Waals surface area contributed by atoms with Gasteiger partial charge in [-0.3, -0.25) is 9.97 Å². The van der Waals surface area contributed by atoms with Crippen molar-refractivity contribution in [2.75, 3.05) is 0 Å². The zero-order valence-corrected chi connectivity index (χ0v) is 33.9. The van der Waals surface area contributed by atoms with E-state index in [-0.39, 0.29) is 0 Å². The molecule has 0 atom stereocenters. The SMILES string of the molecule is N#Cc1ccc2c3c1ccc1c(-c4ccc(-c5cc6ccc7cc(-c8cc(-c9ccccn9)cc(-c9ccccn9)c8)cc8ccc(c5)c6c78)cc4)ccc(c13)n2-c1ccccc1. The van der Waals surface area contributed by atoms with Crippen LogP contribution >= 0.6 is 0 Å². The fourth-order valence-corrected chi connectivity index (χ4v) is 10.1. The first kappa shape index (κ1) is 35.1. The number of hydrogen-bond donors (Lipinski definition) is 0. The number of pyridine rings is 2. The Kier molecular flexibility index (Phi) is 7.63. The lowest BCUT2D eigenvalue weighted by Gasteiger charge is -2.16. The van der Waals surface area contributed by atoms with Gasteiger partial charge in [-0.05, 0) is 168 Å². The van der Waals surface area contributed by atoms with Crippen LogP contribution in [0.4, 0.5) is 0 Å². The molecule has 63 heavy (non-hydrogen) atoms. The summed E-state index contributed by atoms with van der Waals surface area (Å²) in [7, 11) is 0. The van der Waals surface area contributed by atoms with E-state index in [1.54, 1.807) is 0 Å². The second-order valence-electron chi connectivity index (χ2n) is 16.5. The molecular weight excluding hydrogens is 765 g/mol. The highest BCUT2D eigenvalue weighted by Crippen LogP contribution is 2.45. The summed E-state index contributed by atoms with van der Waals surface area (Å²) in [4.78, 5) is 9.38. The van der Waals surface area contributed by atoms with Gasteiger partial charge in [0.1, 0.15) is 0 Å². The highest BCUT2D eigenvalue weighted by atomic mass is 15.0. The molecule has 0 aliphatic heterocycles. The van der Waals surface area contributed by atoms with Crippen molar-refractivity contribution in [2.24, 2.45) is 0 Å². The van der Waals surface area contributed by atoms with E-state index in [9.17, 15) is 5.26 Å². The van der Waals surface area contributed by atoms with Crippen molar-refractivity contribution in [2.45, 2.75) is 0 Å². The molecule has 0 N–H and O–H groups in total. The summed E-state index contributed by atoms with van der Waals surface area (Å²) in [5, 5.41) is 22.0. The molecule has 4 nitrogen and oxygen atoms in total. The molecule has 0 aliphatic rings. The standard InChI is InChI=1S/C59H34N4/c60-35-42-20-24-54-58-50(42)21-22-51-49(23-25-55(59(51)58)63(54)48-8-2-1-3-9-48)37-14-12-36(13-15-37)43-28-38-16-18-40-30-44(31-41-19-17-39(29-43)56(38)57(40)41)45-32-46(52-10-4-6-26-61-52)34-47(33-45)53-11-5-7-27-62-53/h1-34H. The van der Waals surface area contributed by atoms with Gasteiger partial charge in [-0.15, -0.1) is 0 Å². The Morgan fingerprint density at radius 1 is 0.365 bits per heavy atom. The highest BCUT2D eigenvalue weighted by Gasteiger charge is 2.21. The summed E-state index contributed by atoms with van der Waals surface area (Å²) in [6, 6.07) is 72.0. The van der Waals surface area contributed by atoms with Crippen LogP contribution in [-0.2, 0) is 0 Å². The maximum absolute atomic E-state index is 10.0. The van der Waals surface area contributed by atoms with Crippen LogP contribution in [0.5, 0.6) is 0 Å². The van der Waals surface area contributed by atoms with Crippen molar-refractivity contribution in [1.82, 2.24) is 14.5 Å². The Morgan fingerprint density at radius 2 is 0.857 bits per heavy atom. The normalized spacial score (nSPS) is 11.8. The van der Waals surface area contributed by atoms with Crippen molar-refractivity contribution in [1.29, 1.82) is 5.26 Å². The third-order valence-electron chi connectivity index (χ3n) is 13.0. The van der Waals surface area contributed by atoms with Gasteiger partial charge in [-0.2, -0.15) is 5.26 Å². The molecule has 3 heterocycles. The Hall–Kier alpha value is -8.65. The maximum Gasteiger partial charge on any atom is 0.0998 e. The van der Waals surface area contributed by atoms with Crippen LogP contribution in [0.15, 0.2) is 207 Å². The third kappa shape index (κ3) is 5.47. The van der Waals surface area contributed by atoms with Crippen molar-refractivity contribution in [3.8, 4) is 67.7 Å². The quantitative estimate of drug-likeness (QED) is 0.157. The van der Waals surface area contributed by atoms with Crippen molar-refractivity contribution >= 4 is 64.9 Å². The van der Waals surface area contributed by atoms with E-state index in [1.165, 1.54) is 59.8 Å². The molecule has 3 aromatic heterocycles. The van der Waals surface area contributed by atoms with Gasteiger partial charge < -0.3 is 4.57 Å². The Labute approximate surface area is 362 Å². The number of para-hydroxylation sites is 1. The van der Waals surface area contributed by atoms with Gasteiger partial charge in [0.25, 0.3) is 0 Å². The number of rotatable bonds is 6. The van der Waals surface area contributed by atoms with E-state index < -0.39 is 0 Å². The van der Waals surface area contributed by atoms with E-state index in [0.717, 1.165) is 66.7 Å². The zero-order chi connectivity index (χ0) is 41.6. The molecule has 0 fully saturated rings. The smallest absolute Gasteiger partial charge is 0.0998 e. The number of aromatic nitrogens is 3.